The molecule has 0 fully saturated rings. The molecular formula is C26H35F2N3O3. The van der Waals surface area contributed by atoms with E-state index in [0.717, 1.165) is 11.6 Å². The number of hydrogen-bond acceptors (Lipinski definition) is 4. The monoisotopic (exact) mass is 475 g/mol. The number of hydrogen-bond donors (Lipinski definition) is 3. The minimum absolute atomic E-state index is 0.0482. The van der Waals surface area contributed by atoms with Gasteiger partial charge in [-0.3, -0.25) is 9.59 Å². The quantitative estimate of drug-likeness (QED) is 0.412. The Morgan fingerprint density at radius 3 is 2.21 bits per heavy atom. The van der Waals surface area contributed by atoms with Crippen molar-refractivity contribution in [2.24, 2.45) is 17.6 Å². The van der Waals surface area contributed by atoms with Crippen molar-refractivity contribution in [3.05, 3.63) is 71.3 Å². The van der Waals surface area contributed by atoms with Gasteiger partial charge >= 0.3 is 0 Å². The van der Waals surface area contributed by atoms with Gasteiger partial charge in [0.05, 0.1) is 13.2 Å². The maximum Gasteiger partial charge on any atom is 0.243 e. The molecule has 0 aliphatic rings. The van der Waals surface area contributed by atoms with E-state index in [1.165, 1.54) is 12.1 Å². The van der Waals surface area contributed by atoms with Crippen LogP contribution in [0.1, 0.15) is 44.7 Å². The molecule has 0 aliphatic heterocycles. The predicted molar refractivity (Wildman–Crippen MR) is 127 cm³/mol. The smallest absolute Gasteiger partial charge is 0.243 e. The summed E-state index contributed by atoms with van der Waals surface area (Å²) in [6.45, 7) is 6.20. The van der Waals surface area contributed by atoms with E-state index in [-0.39, 0.29) is 42.9 Å². The Morgan fingerprint density at radius 1 is 0.941 bits per heavy atom. The molecule has 8 heteroatoms. The molecule has 0 aromatic heterocycles. The van der Waals surface area contributed by atoms with Crippen molar-refractivity contribution < 1.29 is 23.1 Å². The number of ether oxygens (including phenoxy) is 1. The number of carbonyl (C=O) groups excluding carboxylic acids is 2. The molecule has 2 unspecified atom stereocenters. The molecule has 2 rings (SSSR count). The van der Waals surface area contributed by atoms with E-state index in [4.69, 9.17) is 10.5 Å². The third-order valence-electron chi connectivity index (χ3n) is 5.50. The molecule has 6 nitrogen and oxygen atoms in total. The molecule has 0 radical (unpaired) electrons. The first-order valence-corrected chi connectivity index (χ1v) is 11.6. The number of rotatable bonds is 13. The van der Waals surface area contributed by atoms with Gasteiger partial charge in [-0.1, -0.05) is 51.1 Å². The molecule has 2 aromatic carbocycles. The summed E-state index contributed by atoms with van der Waals surface area (Å²) in [5.74, 6) is -2.16. The second-order valence-corrected chi connectivity index (χ2v) is 8.96. The highest BCUT2D eigenvalue weighted by Gasteiger charge is 2.26. The lowest BCUT2D eigenvalue weighted by Crippen LogP contribution is -2.50. The van der Waals surface area contributed by atoms with E-state index in [1.54, 1.807) is 6.92 Å². The number of halogens is 2. The summed E-state index contributed by atoms with van der Waals surface area (Å²) >= 11 is 0. The van der Waals surface area contributed by atoms with Gasteiger partial charge < -0.3 is 21.1 Å². The van der Waals surface area contributed by atoms with Crippen molar-refractivity contribution in [1.29, 1.82) is 0 Å². The van der Waals surface area contributed by atoms with Crippen LogP contribution in [-0.2, 0) is 27.5 Å². The highest BCUT2D eigenvalue weighted by Crippen LogP contribution is 2.12. The topological polar surface area (TPSA) is 93.5 Å². The van der Waals surface area contributed by atoms with E-state index in [2.05, 4.69) is 10.6 Å². The SMILES string of the molecule is CC(C)C(NC(=O)[C@H](C)CCC(N)COCc1cc(F)cc(F)c1)C(=O)NCc1ccccc1. The Balaban J connectivity index is 1.74. The van der Waals surface area contributed by atoms with Crippen molar-refractivity contribution in [1.82, 2.24) is 10.6 Å². The molecule has 34 heavy (non-hydrogen) atoms. The van der Waals surface area contributed by atoms with Crippen LogP contribution in [0.2, 0.25) is 0 Å². The zero-order chi connectivity index (χ0) is 25.1. The molecule has 0 heterocycles. The van der Waals surface area contributed by atoms with Gasteiger partial charge in [-0.15, -0.1) is 0 Å². The van der Waals surface area contributed by atoms with Gasteiger partial charge in [-0.2, -0.15) is 0 Å². The summed E-state index contributed by atoms with van der Waals surface area (Å²) in [6, 6.07) is 11.8. The largest absolute Gasteiger partial charge is 0.375 e. The zero-order valence-electron chi connectivity index (χ0n) is 20.0. The Morgan fingerprint density at radius 2 is 1.59 bits per heavy atom. The van der Waals surface area contributed by atoms with Gasteiger partial charge in [0, 0.05) is 24.6 Å². The number of nitrogens with one attached hydrogen (secondary N) is 2. The maximum atomic E-state index is 13.2. The fourth-order valence-corrected chi connectivity index (χ4v) is 3.43. The van der Waals surface area contributed by atoms with Crippen molar-refractivity contribution >= 4 is 11.8 Å². The molecule has 3 atom stereocenters. The molecular weight excluding hydrogens is 440 g/mol. The lowest BCUT2D eigenvalue weighted by molar-refractivity contribution is -0.132. The van der Waals surface area contributed by atoms with Gasteiger partial charge in [-0.25, -0.2) is 8.78 Å². The van der Waals surface area contributed by atoms with Crippen LogP contribution in [0.25, 0.3) is 0 Å². The predicted octanol–water partition coefficient (Wildman–Crippen LogP) is 3.68. The van der Waals surface area contributed by atoms with E-state index in [9.17, 15) is 18.4 Å². The van der Waals surface area contributed by atoms with Crippen molar-refractivity contribution in [3.8, 4) is 0 Å². The Bertz CT molecular complexity index is 905. The molecule has 2 amide bonds. The summed E-state index contributed by atoms with van der Waals surface area (Å²) in [6.07, 6.45) is 1.04. The number of benzene rings is 2. The van der Waals surface area contributed by atoms with Crippen LogP contribution < -0.4 is 16.4 Å². The van der Waals surface area contributed by atoms with E-state index >= 15 is 0 Å². The fourth-order valence-electron chi connectivity index (χ4n) is 3.43. The second kappa shape index (κ2) is 13.8. The van der Waals surface area contributed by atoms with E-state index in [1.807, 2.05) is 44.2 Å². The molecule has 4 N–H and O–H groups in total. The lowest BCUT2D eigenvalue weighted by atomic mass is 9.98. The summed E-state index contributed by atoms with van der Waals surface area (Å²) < 4.78 is 31.9. The van der Waals surface area contributed by atoms with Crippen molar-refractivity contribution in [2.75, 3.05) is 6.61 Å². The van der Waals surface area contributed by atoms with Crippen LogP contribution in [0, 0.1) is 23.5 Å². The van der Waals surface area contributed by atoms with Crippen molar-refractivity contribution in [3.63, 3.8) is 0 Å². The standard InChI is InChI=1S/C26H35F2N3O3/c1-17(2)24(26(33)30-14-19-7-5-4-6-8-19)31-25(32)18(3)9-10-23(29)16-34-15-20-11-21(27)13-22(28)12-20/h4-8,11-13,17-18,23-24H,9-10,14-16,29H2,1-3H3,(H,30,33)(H,31,32)/t18-,23?,24?/m1/s1. The number of carbonyl (C=O) groups is 2. The molecule has 186 valence electrons. The first kappa shape index (κ1) is 27.4. The Labute approximate surface area is 200 Å². The van der Waals surface area contributed by atoms with Gasteiger partial charge in [0.25, 0.3) is 0 Å². The normalized spacial score (nSPS) is 13.9. The molecule has 0 saturated heterocycles. The fraction of sp³-hybridized carbons (Fsp3) is 0.462. The van der Waals surface area contributed by atoms with Crippen LogP contribution in [-0.4, -0.2) is 30.5 Å². The average molecular weight is 476 g/mol. The summed E-state index contributed by atoms with van der Waals surface area (Å²) in [5.41, 5.74) is 7.44. The molecule has 0 aliphatic carbocycles. The van der Waals surface area contributed by atoms with Crippen molar-refractivity contribution in [2.45, 2.75) is 58.8 Å². The number of amides is 2. The Hall–Kier alpha value is -2.84. The maximum absolute atomic E-state index is 13.2. The first-order valence-electron chi connectivity index (χ1n) is 11.6. The average Bonchev–Trinajstić information content (AvgIpc) is 2.79. The van der Waals surface area contributed by atoms with Crippen LogP contribution in [0.3, 0.4) is 0 Å². The van der Waals surface area contributed by atoms with Gasteiger partial charge in [0.15, 0.2) is 0 Å². The molecule has 0 spiro atoms. The van der Waals surface area contributed by atoms with E-state index in [0.29, 0.717) is 24.9 Å². The van der Waals surface area contributed by atoms with Crippen LogP contribution in [0.5, 0.6) is 0 Å². The minimum atomic E-state index is -0.656. The van der Waals surface area contributed by atoms with Crippen LogP contribution in [0.4, 0.5) is 8.78 Å². The molecule has 2 aromatic rings. The third kappa shape index (κ3) is 9.57. The van der Waals surface area contributed by atoms with Gasteiger partial charge in [0.1, 0.15) is 17.7 Å². The lowest BCUT2D eigenvalue weighted by Gasteiger charge is -2.24. The third-order valence-corrected chi connectivity index (χ3v) is 5.50. The zero-order valence-corrected chi connectivity index (χ0v) is 20.0. The Kier molecular flexibility index (Phi) is 11.1. The summed E-state index contributed by atoms with van der Waals surface area (Å²) in [5, 5.41) is 5.74. The molecule has 0 saturated carbocycles. The van der Waals surface area contributed by atoms with E-state index < -0.39 is 17.7 Å². The van der Waals surface area contributed by atoms with Gasteiger partial charge in [0.2, 0.25) is 11.8 Å². The van der Waals surface area contributed by atoms with Gasteiger partial charge in [-0.05, 0) is 42.0 Å². The first-order chi connectivity index (χ1) is 16.2. The highest BCUT2D eigenvalue weighted by molar-refractivity contribution is 5.88. The van der Waals surface area contributed by atoms with Crippen LogP contribution in [0.15, 0.2) is 48.5 Å². The van der Waals surface area contributed by atoms with Crippen LogP contribution >= 0.6 is 0 Å². The number of nitrogens with two attached hydrogens (primary N) is 1. The molecule has 0 bridgehead atoms. The summed E-state index contributed by atoms with van der Waals surface area (Å²) in [7, 11) is 0. The minimum Gasteiger partial charge on any atom is -0.375 e. The highest BCUT2D eigenvalue weighted by atomic mass is 19.1. The summed E-state index contributed by atoms with van der Waals surface area (Å²) in [4.78, 5) is 25.3. The second-order valence-electron chi connectivity index (χ2n) is 8.96.